The van der Waals surface area contributed by atoms with Crippen molar-refractivity contribution in [2.24, 2.45) is 0 Å². The van der Waals surface area contributed by atoms with E-state index in [1.54, 1.807) is 20.8 Å². The van der Waals surface area contributed by atoms with E-state index in [2.05, 4.69) is 15.3 Å². The SMILES string of the molecule is CC(C)(C)OC(=O)Nc1ncc(/C=C/[N+](=O)[O-])cn1. The molecule has 8 heteroatoms. The summed E-state index contributed by atoms with van der Waals surface area (Å²) in [7, 11) is 0. The van der Waals surface area contributed by atoms with Crippen molar-refractivity contribution in [3.8, 4) is 0 Å². The molecular weight excluding hydrogens is 252 g/mol. The first kappa shape index (κ1) is 14.6. The number of nitrogens with one attached hydrogen (secondary N) is 1. The molecule has 0 unspecified atom stereocenters. The number of rotatable bonds is 3. The molecule has 0 atom stereocenters. The van der Waals surface area contributed by atoms with Crippen molar-refractivity contribution >= 4 is 18.1 Å². The molecule has 0 aromatic carbocycles. The minimum atomic E-state index is -0.666. The van der Waals surface area contributed by atoms with Gasteiger partial charge in [0.1, 0.15) is 5.60 Å². The molecule has 19 heavy (non-hydrogen) atoms. The molecule has 1 aromatic rings. The molecule has 1 amide bonds. The van der Waals surface area contributed by atoms with Crippen LogP contribution in [0.25, 0.3) is 6.08 Å². The summed E-state index contributed by atoms with van der Waals surface area (Å²) in [4.78, 5) is 28.6. The first-order valence-corrected chi connectivity index (χ1v) is 5.40. The van der Waals surface area contributed by atoms with Crippen LogP contribution in [0.15, 0.2) is 18.6 Å². The van der Waals surface area contributed by atoms with Crippen LogP contribution in [0.3, 0.4) is 0 Å². The van der Waals surface area contributed by atoms with Crippen LogP contribution in [0.4, 0.5) is 10.7 Å². The molecule has 1 N–H and O–H groups in total. The van der Waals surface area contributed by atoms with Crippen LogP contribution in [0.5, 0.6) is 0 Å². The average Bonchev–Trinajstić information content (AvgIpc) is 2.25. The Balaban J connectivity index is 2.62. The average molecular weight is 266 g/mol. The Bertz CT molecular complexity index is 490. The first-order chi connectivity index (χ1) is 8.76. The van der Waals surface area contributed by atoms with E-state index in [4.69, 9.17) is 4.74 Å². The maximum absolute atomic E-state index is 11.4. The molecule has 1 heterocycles. The van der Waals surface area contributed by atoms with Crippen molar-refractivity contribution < 1.29 is 14.5 Å². The lowest BCUT2D eigenvalue weighted by Crippen LogP contribution is -2.27. The van der Waals surface area contributed by atoms with Crippen molar-refractivity contribution in [1.82, 2.24) is 9.97 Å². The largest absolute Gasteiger partial charge is 0.444 e. The number of ether oxygens (including phenoxy) is 1. The second-order valence-electron chi connectivity index (χ2n) is 4.57. The van der Waals surface area contributed by atoms with Gasteiger partial charge in [-0.15, -0.1) is 0 Å². The summed E-state index contributed by atoms with van der Waals surface area (Å²) in [6.07, 6.45) is 4.05. The highest BCUT2D eigenvalue weighted by molar-refractivity contribution is 5.82. The summed E-state index contributed by atoms with van der Waals surface area (Å²) in [6, 6.07) is 0. The molecule has 0 radical (unpaired) electrons. The number of carbonyl (C=O) groups excluding carboxylic acids is 1. The van der Waals surface area contributed by atoms with Crippen molar-refractivity contribution in [3.63, 3.8) is 0 Å². The maximum atomic E-state index is 11.4. The first-order valence-electron chi connectivity index (χ1n) is 5.40. The lowest BCUT2D eigenvalue weighted by molar-refractivity contribution is -0.400. The monoisotopic (exact) mass is 266 g/mol. The number of anilines is 1. The zero-order valence-electron chi connectivity index (χ0n) is 10.8. The fraction of sp³-hybridized carbons (Fsp3) is 0.364. The van der Waals surface area contributed by atoms with Gasteiger partial charge in [-0.05, 0) is 20.8 Å². The number of nitrogens with zero attached hydrogens (tertiary/aromatic N) is 3. The molecule has 0 saturated carbocycles. The Hall–Kier alpha value is -2.51. The van der Waals surface area contributed by atoms with Gasteiger partial charge in [-0.2, -0.15) is 0 Å². The summed E-state index contributed by atoms with van der Waals surface area (Å²) in [5.74, 6) is 0.0625. The zero-order chi connectivity index (χ0) is 14.5. The van der Waals surface area contributed by atoms with Gasteiger partial charge >= 0.3 is 6.09 Å². The van der Waals surface area contributed by atoms with Gasteiger partial charge in [0.15, 0.2) is 0 Å². The molecule has 1 rings (SSSR count). The highest BCUT2D eigenvalue weighted by Gasteiger charge is 2.16. The molecule has 0 bridgehead atoms. The quantitative estimate of drug-likeness (QED) is 0.662. The molecule has 0 spiro atoms. The molecule has 0 aliphatic rings. The molecule has 0 aliphatic carbocycles. The minimum absolute atomic E-state index is 0.0625. The van der Waals surface area contributed by atoms with Crippen LogP contribution in [-0.2, 0) is 4.74 Å². The standard InChI is InChI=1S/C11H14N4O4/c1-11(2,3)19-10(16)14-9-12-6-8(7-13-9)4-5-15(17)18/h4-7H,1-3H3,(H,12,13,14,16)/b5-4+. The fourth-order valence-corrected chi connectivity index (χ4v) is 1.03. The van der Waals surface area contributed by atoms with Crippen LogP contribution in [0, 0.1) is 10.1 Å². The Morgan fingerprint density at radius 1 is 1.42 bits per heavy atom. The summed E-state index contributed by atoms with van der Waals surface area (Å²) in [6.45, 7) is 5.21. The van der Waals surface area contributed by atoms with Gasteiger partial charge < -0.3 is 4.74 Å². The van der Waals surface area contributed by atoms with Crippen LogP contribution >= 0.6 is 0 Å². The Kier molecular flexibility index (Phi) is 4.51. The number of hydrogen-bond donors (Lipinski definition) is 1. The number of aromatic nitrogens is 2. The number of amides is 1. The van der Waals surface area contributed by atoms with Gasteiger partial charge in [0, 0.05) is 24.0 Å². The topological polar surface area (TPSA) is 107 Å². The Morgan fingerprint density at radius 3 is 2.47 bits per heavy atom. The maximum Gasteiger partial charge on any atom is 0.414 e. The van der Waals surface area contributed by atoms with Crippen molar-refractivity contribution in [1.29, 1.82) is 0 Å². The van der Waals surface area contributed by atoms with E-state index in [0.717, 1.165) is 6.20 Å². The van der Waals surface area contributed by atoms with Crippen LogP contribution in [-0.4, -0.2) is 26.6 Å². The minimum Gasteiger partial charge on any atom is -0.444 e. The number of carbonyl (C=O) groups is 1. The Labute approximate surface area is 109 Å². The normalized spacial score (nSPS) is 11.3. The lowest BCUT2D eigenvalue weighted by Gasteiger charge is -2.19. The summed E-state index contributed by atoms with van der Waals surface area (Å²) in [5.41, 5.74) is -0.162. The molecular formula is C11H14N4O4. The highest BCUT2D eigenvalue weighted by Crippen LogP contribution is 2.09. The lowest BCUT2D eigenvalue weighted by atomic mass is 10.2. The summed E-state index contributed by atoms with van der Waals surface area (Å²) < 4.78 is 5.02. The predicted octanol–water partition coefficient (Wildman–Crippen LogP) is 2.07. The van der Waals surface area contributed by atoms with Gasteiger partial charge in [-0.3, -0.25) is 15.4 Å². The number of hydrogen-bond acceptors (Lipinski definition) is 6. The third-order valence-electron chi connectivity index (χ3n) is 1.67. The molecule has 1 aromatic heterocycles. The zero-order valence-corrected chi connectivity index (χ0v) is 10.8. The molecule has 8 nitrogen and oxygen atoms in total. The third-order valence-corrected chi connectivity index (χ3v) is 1.67. The summed E-state index contributed by atoms with van der Waals surface area (Å²) in [5, 5.41) is 12.5. The van der Waals surface area contributed by atoms with Crippen molar-refractivity contribution in [2.75, 3.05) is 5.32 Å². The van der Waals surface area contributed by atoms with Crippen molar-refractivity contribution in [3.05, 3.63) is 34.3 Å². The van der Waals surface area contributed by atoms with E-state index in [9.17, 15) is 14.9 Å². The van der Waals surface area contributed by atoms with Crippen LogP contribution in [0.1, 0.15) is 26.3 Å². The van der Waals surface area contributed by atoms with Gasteiger partial charge in [0.2, 0.25) is 12.1 Å². The van der Waals surface area contributed by atoms with Gasteiger partial charge in [0.05, 0.1) is 4.92 Å². The third kappa shape index (κ3) is 6.10. The van der Waals surface area contributed by atoms with Crippen LogP contribution < -0.4 is 5.32 Å². The van der Waals surface area contributed by atoms with Crippen LogP contribution in [0.2, 0.25) is 0 Å². The second kappa shape index (κ2) is 5.89. The van der Waals surface area contributed by atoms with E-state index in [1.807, 2.05) is 0 Å². The van der Waals surface area contributed by atoms with Gasteiger partial charge in [-0.25, -0.2) is 14.8 Å². The van der Waals surface area contributed by atoms with E-state index >= 15 is 0 Å². The van der Waals surface area contributed by atoms with E-state index < -0.39 is 16.6 Å². The molecule has 102 valence electrons. The number of nitro groups is 1. The van der Waals surface area contributed by atoms with Gasteiger partial charge in [-0.1, -0.05) is 0 Å². The Morgan fingerprint density at radius 2 is 2.00 bits per heavy atom. The van der Waals surface area contributed by atoms with Gasteiger partial charge in [0.25, 0.3) is 0 Å². The smallest absolute Gasteiger partial charge is 0.414 e. The van der Waals surface area contributed by atoms with E-state index in [0.29, 0.717) is 5.56 Å². The molecule has 0 aliphatic heterocycles. The second-order valence-corrected chi connectivity index (χ2v) is 4.57. The fourth-order valence-electron chi connectivity index (χ4n) is 1.03. The molecule has 0 saturated heterocycles. The van der Waals surface area contributed by atoms with E-state index in [1.165, 1.54) is 18.5 Å². The van der Waals surface area contributed by atoms with E-state index in [-0.39, 0.29) is 5.95 Å². The molecule has 0 fully saturated rings. The highest BCUT2D eigenvalue weighted by atomic mass is 16.6. The summed E-state index contributed by atoms with van der Waals surface area (Å²) >= 11 is 0. The predicted molar refractivity (Wildman–Crippen MR) is 67.9 cm³/mol. The van der Waals surface area contributed by atoms with Crippen molar-refractivity contribution in [2.45, 2.75) is 26.4 Å².